The van der Waals surface area contributed by atoms with Gasteiger partial charge in [0.1, 0.15) is 5.60 Å². The summed E-state index contributed by atoms with van der Waals surface area (Å²) in [5.74, 6) is -0.840. The van der Waals surface area contributed by atoms with Gasteiger partial charge in [0, 0.05) is 20.8 Å². The van der Waals surface area contributed by atoms with Gasteiger partial charge in [-0.25, -0.2) is 0 Å². The molecule has 0 fully saturated rings. The molecule has 0 saturated carbocycles. The monoisotopic (exact) mass is 458 g/mol. The highest BCUT2D eigenvalue weighted by Crippen LogP contribution is 2.34. The average molecular weight is 459 g/mol. The first-order chi connectivity index (χ1) is 12.5. The van der Waals surface area contributed by atoms with Crippen molar-refractivity contribution in [2.45, 2.75) is 23.6 Å². The zero-order valence-corrected chi connectivity index (χ0v) is 16.4. The summed E-state index contributed by atoms with van der Waals surface area (Å²) < 4.78 is 39.9. The number of alkyl halides is 3. The van der Waals surface area contributed by atoms with Gasteiger partial charge in [-0.2, -0.15) is 18.4 Å². The second kappa shape index (κ2) is 8.33. The quantitative estimate of drug-likeness (QED) is 0.629. The maximum absolute atomic E-state index is 13.0. The second-order valence-electron chi connectivity index (χ2n) is 5.84. The maximum atomic E-state index is 13.0. The van der Waals surface area contributed by atoms with Gasteiger partial charge in [0.2, 0.25) is 0 Å². The lowest BCUT2D eigenvalue weighted by Crippen LogP contribution is -2.42. The van der Waals surface area contributed by atoms with E-state index in [-0.39, 0.29) is 11.4 Å². The van der Waals surface area contributed by atoms with E-state index in [1.807, 2.05) is 12.1 Å². The summed E-state index contributed by atoms with van der Waals surface area (Å²) in [6.45, 7) is 1.28. The molecule has 0 aliphatic rings. The number of nitriles is 1. The van der Waals surface area contributed by atoms with Crippen LogP contribution in [0.1, 0.15) is 18.1 Å². The van der Waals surface area contributed by atoms with Crippen molar-refractivity contribution < 1.29 is 23.1 Å². The van der Waals surface area contributed by atoms with E-state index in [2.05, 4.69) is 21.2 Å². The number of nitrogens with one attached hydrogen (secondary N) is 1. The van der Waals surface area contributed by atoms with Gasteiger partial charge in [0.05, 0.1) is 17.2 Å². The number of anilines is 1. The number of nitrogens with zero attached hydrogens (tertiary/aromatic N) is 1. The third-order valence-corrected chi connectivity index (χ3v) is 5.37. The summed E-state index contributed by atoms with van der Waals surface area (Å²) in [5, 5.41) is 21.4. The number of halogens is 4. The third-order valence-electron chi connectivity index (χ3n) is 3.53. The molecule has 142 valence electrons. The SMILES string of the molecule is CC(O)(CSc1ccc(Br)cc1)C(=O)Nc1ccc(C#N)c(C(F)(F)F)c1. The third kappa shape index (κ3) is 5.73. The number of carbonyl (C=O) groups excluding carboxylic acids is 1. The van der Waals surface area contributed by atoms with Crippen LogP contribution in [0, 0.1) is 11.3 Å². The highest BCUT2D eigenvalue weighted by Gasteiger charge is 2.35. The van der Waals surface area contributed by atoms with Crippen LogP contribution in [0.5, 0.6) is 0 Å². The van der Waals surface area contributed by atoms with Crippen molar-refractivity contribution >= 4 is 39.3 Å². The smallest absolute Gasteiger partial charge is 0.379 e. The first kappa shape index (κ1) is 21.3. The molecule has 0 aliphatic heterocycles. The Hall–Kier alpha value is -2.02. The van der Waals surface area contributed by atoms with Gasteiger partial charge in [-0.05, 0) is 49.4 Å². The molecule has 2 N–H and O–H groups in total. The highest BCUT2D eigenvalue weighted by atomic mass is 79.9. The molecule has 0 aromatic heterocycles. The van der Waals surface area contributed by atoms with Gasteiger partial charge < -0.3 is 10.4 Å². The van der Waals surface area contributed by atoms with E-state index in [4.69, 9.17) is 5.26 Å². The lowest BCUT2D eigenvalue weighted by atomic mass is 10.1. The number of amides is 1. The Balaban J connectivity index is 2.11. The molecular formula is C18H14BrF3N2O2S. The number of hydrogen-bond acceptors (Lipinski definition) is 4. The average Bonchev–Trinajstić information content (AvgIpc) is 2.60. The van der Waals surface area contributed by atoms with Crippen LogP contribution >= 0.6 is 27.7 Å². The standard InChI is InChI=1S/C18H14BrF3N2O2S/c1-17(26,10-27-14-6-3-12(19)4-7-14)16(25)24-13-5-2-11(9-23)15(8-13)18(20,21)22/h2-8,26H,10H2,1H3,(H,24,25). The van der Waals surface area contributed by atoms with Gasteiger partial charge in [0.25, 0.3) is 5.91 Å². The van der Waals surface area contributed by atoms with Gasteiger partial charge in [-0.1, -0.05) is 15.9 Å². The Morgan fingerprint density at radius 1 is 1.26 bits per heavy atom. The summed E-state index contributed by atoms with van der Waals surface area (Å²) in [6, 6.07) is 11.5. The zero-order valence-electron chi connectivity index (χ0n) is 14.0. The Kier molecular flexibility index (Phi) is 6.57. The Morgan fingerprint density at radius 2 is 1.89 bits per heavy atom. The van der Waals surface area contributed by atoms with E-state index >= 15 is 0 Å². The van der Waals surface area contributed by atoms with Crippen LogP contribution in [0.25, 0.3) is 0 Å². The molecule has 0 radical (unpaired) electrons. The molecule has 1 unspecified atom stereocenters. The lowest BCUT2D eigenvalue weighted by molar-refractivity contribution is -0.137. The predicted octanol–water partition coefficient (Wildman–Crippen LogP) is 4.82. The van der Waals surface area contributed by atoms with Gasteiger partial charge in [0.15, 0.2) is 0 Å². The van der Waals surface area contributed by atoms with Gasteiger partial charge >= 0.3 is 6.18 Å². The molecular weight excluding hydrogens is 445 g/mol. The summed E-state index contributed by atoms with van der Waals surface area (Å²) in [4.78, 5) is 13.1. The van der Waals surface area contributed by atoms with Crippen LogP contribution < -0.4 is 5.32 Å². The Bertz CT molecular complexity index is 878. The molecule has 4 nitrogen and oxygen atoms in total. The fourth-order valence-corrected chi connectivity index (χ4v) is 3.21. The van der Waals surface area contributed by atoms with Crippen molar-refractivity contribution in [3.63, 3.8) is 0 Å². The summed E-state index contributed by atoms with van der Waals surface area (Å²) in [5.41, 5.74) is -3.66. The molecule has 1 atom stereocenters. The molecule has 2 rings (SSSR count). The number of carbonyl (C=O) groups is 1. The molecule has 2 aromatic rings. The van der Waals surface area contributed by atoms with Crippen LogP contribution in [0.4, 0.5) is 18.9 Å². The molecule has 0 bridgehead atoms. The van der Waals surface area contributed by atoms with Crippen LogP contribution in [-0.4, -0.2) is 22.4 Å². The molecule has 0 aliphatic carbocycles. The number of benzene rings is 2. The van der Waals surface area contributed by atoms with E-state index in [0.717, 1.165) is 15.4 Å². The molecule has 1 amide bonds. The van der Waals surface area contributed by atoms with Crippen molar-refractivity contribution in [3.8, 4) is 6.07 Å². The summed E-state index contributed by atoms with van der Waals surface area (Å²) in [6.07, 6.45) is -4.73. The van der Waals surface area contributed by atoms with E-state index < -0.39 is 28.8 Å². The number of hydrogen-bond donors (Lipinski definition) is 2. The minimum absolute atomic E-state index is 0.00285. The van der Waals surface area contributed by atoms with Crippen molar-refractivity contribution in [2.24, 2.45) is 0 Å². The first-order valence-corrected chi connectivity index (χ1v) is 9.34. The topological polar surface area (TPSA) is 73.1 Å². The molecule has 0 saturated heterocycles. The fourth-order valence-electron chi connectivity index (χ4n) is 2.04. The predicted molar refractivity (Wildman–Crippen MR) is 100 cm³/mol. The van der Waals surface area contributed by atoms with Crippen molar-refractivity contribution in [3.05, 3.63) is 58.1 Å². The molecule has 2 aromatic carbocycles. The molecule has 27 heavy (non-hydrogen) atoms. The number of rotatable bonds is 5. The van der Waals surface area contributed by atoms with E-state index in [0.29, 0.717) is 6.07 Å². The number of aliphatic hydroxyl groups is 1. The largest absolute Gasteiger partial charge is 0.417 e. The normalized spacial score (nSPS) is 13.5. The van der Waals surface area contributed by atoms with Crippen molar-refractivity contribution in [2.75, 3.05) is 11.1 Å². The van der Waals surface area contributed by atoms with Gasteiger partial charge in [-0.15, -0.1) is 11.8 Å². The van der Waals surface area contributed by atoms with Crippen LogP contribution in [0.2, 0.25) is 0 Å². The number of thioether (sulfide) groups is 1. The zero-order chi connectivity index (χ0) is 20.2. The lowest BCUT2D eigenvalue weighted by Gasteiger charge is -2.22. The Morgan fingerprint density at radius 3 is 2.44 bits per heavy atom. The fraction of sp³-hybridized carbons (Fsp3) is 0.222. The van der Waals surface area contributed by atoms with Crippen LogP contribution in [-0.2, 0) is 11.0 Å². The molecule has 9 heteroatoms. The second-order valence-corrected chi connectivity index (χ2v) is 7.80. The van der Waals surface area contributed by atoms with E-state index in [1.54, 1.807) is 12.1 Å². The minimum atomic E-state index is -4.73. The summed E-state index contributed by atoms with van der Waals surface area (Å²) in [7, 11) is 0. The van der Waals surface area contributed by atoms with E-state index in [1.165, 1.54) is 30.8 Å². The van der Waals surface area contributed by atoms with Gasteiger partial charge in [-0.3, -0.25) is 4.79 Å². The van der Waals surface area contributed by atoms with Crippen molar-refractivity contribution in [1.82, 2.24) is 0 Å². The first-order valence-electron chi connectivity index (χ1n) is 7.56. The Labute approximate surface area is 166 Å². The highest BCUT2D eigenvalue weighted by molar-refractivity contribution is 9.10. The van der Waals surface area contributed by atoms with Crippen molar-refractivity contribution in [1.29, 1.82) is 5.26 Å². The molecule has 0 spiro atoms. The summed E-state index contributed by atoms with van der Waals surface area (Å²) >= 11 is 4.54. The van der Waals surface area contributed by atoms with Crippen LogP contribution in [0.15, 0.2) is 51.8 Å². The minimum Gasteiger partial charge on any atom is -0.379 e. The molecule has 0 heterocycles. The van der Waals surface area contributed by atoms with Crippen LogP contribution in [0.3, 0.4) is 0 Å². The maximum Gasteiger partial charge on any atom is 0.417 e. The van der Waals surface area contributed by atoms with E-state index in [9.17, 15) is 23.1 Å².